The second kappa shape index (κ2) is 6.19. The summed E-state index contributed by atoms with van der Waals surface area (Å²) in [7, 11) is 0. The zero-order valence-corrected chi connectivity index (χ0v) is 12.4. The van der Waals surface area contributed by atoms with Crippen LogP contribution in [0.15, 0.2) is 28.7 Å². The molecule has 1 saturated heterocycles. The number of amides is 2. The van der Waals surface area contributed by atoms with Gasteiger partial charge < -0.3 is 10.2 Å². The van der Waals surface area contributed by atoms with Crippen molar-refractivity contribution in [3.05, 3.63) is 28.7 Å². The second-order valence-corrected chi connectivity index (χ2v) is 5.85. The molecule has 4 nitrogen and oxygen atoms in total. The SMILES string of the molecule is CC1CCN(C(=O)C(=O)Nc2ccc(Br)cc2)CC1. The summed E-state index contributed by atoms with van der Waals surface area (Å²) in [6, 6.07) is 7.16. The van der Waals surface area contributed by atoms with E-state index in [2.05, 4.69) is 28.2 Å². The lowest BCUT2D eigenvalue weighted by molar-refractivity contribution is -0.144. The molecular weight excluding hydrogens is 308 g/mol. The highest BCUT2D eigenvalue weighted by Crippen LogP contribution is 2.17. The van der Waals surface area contributed by atoms with Crippen molar-refractivity contribution < 1.29 is 9.59 Å². The highest BCUT2D eigenvalue weighted by molar-refractivity contribution is 9.10. The fourth-order valence-electron chi connectivity index (χ4n) is 2.07. The van der Waals surface area contributed by atoms with Gasteiger partial charge >= 0.3 is 11.8 Å². The lowest BCUT2D eigenvalue weighted by atomic mass is 9.99. The van der Waals surface area contributed by atoms with Crippen molar-refractivity contribution >= 4 is 33.4 Å². The summed E-state index contributed by atoms with van der Waals surface area (Å²) < 4.78 is 0.932. The van der Waals surface area contributed by atoms with E-state index in [1.165, 1.54) is 0 Å². The Morgan fingerprint density at radius 2 is 1.79 bits per heavy atom. The first-order valence-electron chi connectivity index (χ1n) is 6.42. The van der Waals surface area contributed by atoms with Gasteiger partial charge in [-0.25, -0.2) is 0 Å². The number of nitrogens with one attached hydrogen (secondary N) is 1. The van der Waals surface area contributed by atoms with Gasteiger partial charge in [-0.15, -0.1) is 0 Å². The van der Waals surface area contributed by atoms with E-state index in [1.54, 1.807) is 17.0 Å². The van der Waals surface area contributed by atoms with E-state index >= 15 is 0 Å². The zero-order valence-electron chi connectivity index (χ0n) is 10.9. The molecule has 0 atom stereocenters. The molecule has 0 aliphatic carbocycles. The number of piperidine rings is 1. The van der Waals surface area contributed by atoms with Gasteiger partial charge in [0.1, 0.15) is 0 Å². The number of carbonyl (C=O) groups excluding carboxylic acids is 2. The fraction of sp³-hybridized carbons (Fsp3) is 0.429. The quantitative estimate of drug-likeness (QED) is 0.807. The predicted octanol–water partition coefficient (Wildman–Crippen LogP) is 2.65. The molecular formula is C14H17BrN2O2. The number of halogens is 1. The number of likely N-dealkylation sites (tertiary alicyclic amines) is 1. The van der Waals surface area contributed by atoms with Gasteiger partial charge in [0.05, 0.1) is 0 Å². The Balaban J connectivity index is 1.92. The number of anilines is 1. The molecule has 1 aromatic carbocycles. The highest BCUT2D eigenvalue weighted by atomic mass is 79.9. The highest BCUT2D eigenvalue weighted by Gasteiger charge is 2.25. The number of hydrogen-bond donors (Lipinski definition) is 1. The third kappa shape index (κ3) is 3.80. The van der Waals surface area contributed by atoms with Crippen LogP contribution in [0.25, 0.3) is 0 Å². The van der Waals surface area contributed by atoms with Crippen LogP contribution < -0.4 is 5.32 Å². The van der Waals surface area contributed by atoms with E-state index in [0.29, 0.717) is 24.7 Å². The standard InChI is InChI=1S/C14H17BrN2O2/c1-10-6-8-17(9-7-10)14(19)13(18)16-12-4-2-11(15)3-5-12/h2-5,10H,6-9H2,1H3,(H,16,18). The number of rotatable bonds is 1. The van der Waals surface area contributed by atoms with Gasteiger partial charge in [0, 0.05) is 23.2 Å². The first kappa shape index (κ1) is 14.1. The molecule has 0 unspecified atom stereocenters. The molecule has 1 aromatic rings. The molecule has 102 valence electrons. The van der Waals surface area contributed by atoms with Crippen LogP contribution in [0.4, 0.5) is 5.69 Å². The van der Waals surface area contributed by atoms with E-state index in [-0.39, 0.29) is 0 Å². The third-order valence-corrected chi connectivity index (χ3v) is 3.90. The van der Waals surface area contributed by atoms with E-state index in [1.807, 2.05) is 12.1 Å². The smallest absolute Gasteiger partial charge is 0.313 e. The Hall–Kier alpha value is -1.36. The third-order valence-electron chi connectivity index (χ3n) is 3.37. The minimum Gasteiger partial charge on any atom is -0.334 e. The number of nitrogens with zero attached hydrogens (tertiary/aromatic N) is 1. The minimum absolute atomic E-state index is 0.435. The van der Waals surface area contributed by atoms with Crippen molar-refractivity contribution in [1.29, 1.82) is 0 Å². The van der Waals surface area contributed by atoms with Crippen LogP contribution in [0.3, 0.4) is 0 Å². The van der Waals surface area contributed by atoms with Crippen LogP contribution in [0, 0.1) is 5.92 Å². The van der Waals surface area contributed by atoms with Crippen LogP contribution >= 0.6 is 15.9 Å². The van der Waals surface area contributed by atoms with E-state index in [4.69, 9.17) is 0 Å². The Labute approximate surface area is 121 Å². The van der Waals surface area contributed by atoms with Crippen molar-refractivity contribution in [1.82, 2.24) is 4.90 Å². The molecule has 0 saturated carbocycles. The van der Waals surface area contributed by atoms with Crippen molar-refractivity contribution in [2.75, 3.05) is 18.4 Å². The van der Waals surface area contributed by atoms with E-state index in [9.17, 15) is 9.59 Å². The molecule has 0 spiro atoms. The van der Waals surface area contributed by atoms with Gasteiger partial charge in [0.2, 0.25) is 0 Å². The first-order valence-corrected chi connectivity index (χ1v) is 7.21. The van der Waals surface area contributed by atoms with Crippen molar-refractivity contribution in [3.8, 4) is 0 Å². The van der Waals surface area contributed by atoms with Crippen LogP contribution in [-0.2, 0) is 9.59 Å². The molecule has 1 fully saturated rings. The Morgan fingerprint density at radius 3 is 2.37 bits per heavy atom. The van der Waals surface area contributed by atoms with Gasteiger partial charge in [0.15, 0.2) is 0 Å². The summed E-state index contributed by atoms with van der Waals surface area (Å²) >= 11 is 3.32. The van der Waals surface area contributed by atoms with Gasteiger partial charge in [-0.1, -0.05) is 22.9 Å². The normalized spacial score (nSPS) is 16.2. The van der Waals surface area contributed by atoms with Crippen LogP contribution in [-0.4, -0.2) is 29.8 Å². The van der Waals surface area contributed by atoms with Crippen molar-refractivity contribution in [2.24, 2.45) is 5.92 Å². The molecule has 19 heavy (non-hydrogen) atoms. The minimum atomic E-state index is -0.558. The van der Waals surface area contributed by atoms with Gasteiger partial charge in [-0.05, 0) is 43.0 Å². The molecule has 1 heterocycles. The molecule has 0 aromatic heterocycles. The van der Waals surface area contributed by atoms with Crippen LogP contribution in [0.5, 0.6) is 0 Å². The first-order chi connectivity index (χ1) is 9.06. The van der Waals surface area contributed by atoms with Crippen molar-refractivity contribution in [2.45, 2.75) is 19.8 Å². The maximum atomic E-state index is 12.0. The molecule has 2 amide bonds. The maximum absolute atomic E-state index is 12.0. The summed E-state index contributed by atoms with van der Waals surface area (Å²) in [5.41, 5.74) is 0.631. The van der Waals surface area contributed by atoms with Crippen LogP contribution in [0.2, 0.25) is 0 Å². The Bertz CT molecular complexity index is 465. The maximum Gasteiger partial charge on any atom is 0.313 e. The molecule has 0 radical (unpaired) electrons. The fourth-order valence-corrected chi connectivity index (χ4v) is 2.34. The number of carbonyl (C=O) groups is 2. The molecule has 5 heteroatoms. The van der Waals surface area contributed by atoms with E-state index in [0.717, 1.165) is 17.3 Å². The second-order valence-electron chi connectivity index (χ2n) is 4.94. The Morgan fingerprint density at radius 1 is 1.21 bits per heavy atom. The van der Waals surface area contributed by atoms with Gasteiger partial charge in [-0.2, -0.15) is 0 Å². The van der Waals surface area contributed by atoms with Crippen molar-refractivity contribution in [3.63, 3.8) is 0 Å². The molecule has 1 N–H and O–H groups in total. The summed E-state index contributed by atoms with van der Waals surface area (Å²) in [6.07, 6.45) is 1.94. The average molecular weight is 325 g/mol. The monoisotopic (exact) mass is 324 g/mol. The average Bonchev–Trinajstić information content (AvgIpc) is 2.41. The molecule has 2 rings (SSSR count). The molecule has 1 aliphatic heterocycles. The lowest BCUT2D eigenvalue weighted by Gasteiger charge is -2.29. The van der Waals surface area contributed by atoms with Gasteiger partial charge in [0.25, 0.3) is 0 Å². The topological polar surface area (TPSA) is 49.4 Å². The lowest BCUT2D eigenvalue weighted by Crippen LogP contribution is -2.43. The zero-order chi connectivity index (χ0) is 13.8. The summed E-state index contributed by atoms with van der Waals surface area (Å²) in [4.78, 5) is 25.5. The predicted molar refractivity (Wildman–Crippen MR) is 77.7 cm³/mol. The largest absolute Gasteiger partial charge is 0.334 e. The molecule has 1 aliphatic rings. The van der Waals surface area contributed by atoms with E-state index < -0.39 is 11.8 Å². The summed E-state index contributed by atoms with van der Waals surface area (Å²) in [6.45, 7) is 3.52. The number of hydrogen-bond acceptors (Lipinski definition) is 2. The Kier molecular flexibility index (Phi) is 4.58. The summed E-state index contributed by atoms with van der Waals surface area (Å²) in [5, 5.41) is 2.63. The summed E-state index contributed by atoms with van der Waals surface area (Å²) in [5.74, 6) is -0.356. The number of benzene rings is 1. The van der Waals surface area contributed by atoms with Crippen LogP contribution in [0.1, 0.15) is 19.8 Å². The van der Waals surface area contributed by atoms with Gasteiger partial charge in [-0.3, -0.25) is 9.59 Å². The molecule has 0 bridgehead atoms.